The number of aliphatic hydroxyl groups excluding tert-OH is 1. The van der Waals surface area contributed by atoms with Crippen LogP contribution in [-0.2, 0) is 20.7 Å². The van der Waals surface area contributed by atoms with Crippen molar-refractivity contribution in [2.45, 2.75) is 122 Å². The first-order chi connectivity index (χ1) is 23.1. The topological polar surface area (TPSA) is 91.2 Å². The van der Waals surface area contributed by atoms with Crippen LogP contribution in [0.3, 0.4) is 0 Å². The molecule has 1 spiro atoms. The van der Waals surface area contributed by atoms with Crippen molar-refractivity contribution >= 4 is 18.0 Å². The predicted octanol–water partition coefficient (Wildman–Crippen LogP) is 6.45. The van der Waals surface area contributed by atoms with Gasteiger partial charge in [0.25, 0.3) is 5.91 Å². The minimum absolute atomic E-state index is 0.126. The maximum absolute atomic E-state index is 12.6. The van der Waals surface area contributed by atoms with Crippen molar-refractivity contribution < 1.29 is 19.4 Å². The first kappa shape index (κ1) is 33.9. The number of rotatable bonds is 7. The molecule has 0 radical (unpaired) electrons. The van der Waals surface area contributed by atoms with Crippen LogP contribution in [0.15, 0.2) is 58.1 Å². The van der Waals surface area contributed by atoms with Gasteiger partial charge in [-0.25, -0.2) is 4.99 Å². The Morgan fingerprint density at radius 2 is 1.96 bits per heavy atom. The van der Waals surface area contributed by atoms with E-state index < -0.39 is 0 Å². The summed E-state index contributed by atoms with van der Waals surface area (Å²) in [7, 11) is 0. The number of carbonyl (C=O) groups excluding carboxylic acids is 2. The van der Waals surface area contributed by atoms with Gasteiger partial charge in [-0.05, 0) is 106 Å². The van der Waals surface area contributed by atoms with Crippen molar-refractivity contribution in [3.05, 3.63) is 58.7 Å². The molecule has 1 aromatic rings. The third-order valence-electron chi connectivity index (χ3n) is 13.8. The molecule has 7 heteroatoms. The Labute approximate surface area is 287 Å². The second-order valence-corrected chi connectivity index (χ2v) is 16.6. The van der Waals surface area contributed by atoms with Crippen molar-refractivity contribution in [2.75, 3.05) is 19.6 Å². The highest BCUT2D eigenvalue weighted by Gasteiger charge is 2.59. The Bertz CT molecular complexity index is 1470. The second kappa shape index (κ2) is 13.6. The number of aliphatic hydroxyl groups is 1. The molecule has 2 amide bonds. The summed E-state index contributed by atoms with van der Waals surface area (Å²) in [6, 6.07) is 10.2. The van der Waals surface area contributed by atoms with Crippen molar-refractivity contribution in [1.29, 1.82) is 0 Å². The number of nitrogens with one attached hydrogen (secondary N) is 1. The van der Waals surface area contributed by atoms with Gasteiger partial charge in [-0.15, -0.1) is 0 Å². The third-order valence-corrected chi connectivity index (χ3v) is 13.8. The highest BCUT2D eigenvalue weighted by atomic mass is 16.5. The van der Waals surface area contributed by atoms with Crippen LogP contribution in [-0.4, -0.2) is 71.5 Å². The zero-order chi connectivity index (χ0) is 33.6. The summed E-state index contributed by atoms with van der Waals surface area (Å²) in [5.41, 5.74) is 6.08. The van der Waals surface area contributed by atoms with E-state index in [1.807, 2.05) is 30.3 Å². The van der Waals surface area contributed by atoms with E-state index in [1.54, 1.807) is 11.1 Å². The lowest BCUT2D eigenvalue weighted by Gasteiger charge is -2.49. The van der Waals surface area contributed by atoms with Crippen LogP contribution in [0.2, 0.25) is 0 Å². The fourth-order valence-electron chi connectivity index (χ4n) is 11.3. The first-order valence-electron chi connectivity index (χ1n) is 18.9. The van der Waals surface area contributed by atoms with Crippen LogP contribution in [0, 0.1) is 35.0 Å². The zero-order valence-electron chi connectivity index (χ0n) is 29.6. The summed E-state index contributed by atoms with van der Waals surface area (Å²) < 4.78 is 7.26. The monoisotopic (exact) mass is 655 g/mol. The maximum Gasteiger partial charge on any atom is 0.262 e. The van der Waals surface area contributed by atoms with Crippen LogP contribution in [0.4, 0.5) is 0 Å². The fraction of sp³-hybridized carbons (Fsp3) is 0.683. The van der Waals surface area contributed by atoms with Gasteiger partial charge < -0.3 is 15.2 Å². The molecule has 260 valence electrons. The second-order valence-electron chi connectivity index (χ2n) is 16.6. The average molecular weight is 656 g/mol. The van der Waals surface area contributed by atoms with Gasteiger partial charge in [-0.3, -0.25) is 14.5 Å². The molecule has 2 N–H and O–H groups in total. The Hall–Kier alpha value is -2.61. The molecule has 4 aliphatic carbocycles. The van der Waals surface area contributed by atoms with Crippen LogP contribution in [0.5, 0.6) is 0 Å². The van der Waals surface area contributed by atoms with Crippen LogP contribution < -0.4 is 5.32 Å². The molecule has 2 saturated carbocycles. The summed E-state index contributed by atoms with van der Waals surface area (Å²) in [6.45, 7) is 12.0. The number of aliphatic imine (C=N–C) groups is 1. The SMILES string of the molecule is CC1=C2C[C@H]3[C@@H](CC=C4C[C@@H](O)CC[C@@]43C)[C@@H]2CC[C@@]2(C1)O[C@@H]1C[C@H](C)CN(CCNC(=O)C=NC(=O)CCc3ccccc3)[C@H]1[C@H]2C. The zero-order valence-corrected chi connectivity index (χ0v) is 29.6. The average Bonchev–Trinajstić information content (AvgIpc) is 3.53. The minimum Gasteiger partial charge on any atom is -0.393 e. The van der Waals surface area contributed by atoms with E-state index in [9.17, 15) is 14.7 Å². The van der Waals surface area contributed by atoms with E-state index in [0.717, 1.165) is 69.3 Å². The van der Waals surface area contributed by atoms with E-state index in [-0.39, 0.29) is 35.0 Å². The molecule has 0 unspecified atom stereocenters. The number of hydrogen-bond donors (Lipinski definition) is 2. The number of allylic oxidation sites excluding steroid dienone is 2. The molecule has 48 heavy (non-hydrogen) atoms. The molecule has 7 nitrogen and oxygen atoms in total. The largest absolute Gasteiger partial charge is 0.393 e. The van der Waals surface area contributed by atoms with Crippen molar-refractivity contribution in [3.63, 3.8) is 0 Å². The Kier molecular flexibility index (Phi) is 9.60. The van der Waals surface area contributed by atoms with Crippen molar-refractivity contribution in [3.8, 4) is 0 Å². The van der Waals surface area contributed by atoms with Crippen LogP contribution in [0.1, 0.15) is 97.5 Å². The van der Waals surface area contributed by atoms with E-state index in [0.29, 0.717) is 49.1 Å². The predicted molar refractivity (Wildman–Crippen MR) is 189 cm³/mol. The Balaban J connectivity index is 0.970. The van der Waals surface area contributed by atoms with Gasteiger partial charge in [0, 0.05) is 38.0 Å². The maximum atomic E-state index is 12.6. The molecule has 10 atom stereocenters. The lowest BCUT2D eigenvalue weighted by atomic mass is 9.56. The molecule has 2 saturated heterocycles. The molecular formula is C41H57N3O4. The number of carbonyl (C=O) groups is 2. The Morgan fingerprint density at radius 3 is 2.77 bits per heavy atom. The summed E-state index contributed by atoms with van der Waals surface area (Å²) >= 11 is 0. The quantitative estimate of drug-likeness (QED) is 0.260. The minimum atomic E-state index is -0.310. The highest BCUT2D eigenvalue weighted by Crippen LogP contribution is 2.64. The molecule has 0 aromatic heterocycles. The number of hydrogen-bond acceptors (Lipinski definition) is 5. The molecule has 7 rings (SSSR count). The molecule has 1 aromatic carbocycles. The van der Waals surface area contributed by atoms with Gasteiger partial charge in [-0.1, -0.05) is 73.9 Å². The van der Waals surface area contributed by atoms with Gasteiger partial charge in [0.1, 0.15) is 0 Å². The Morgan fingerprint density at radius 1 is 1.15 bits per heavy atom. The molecule has 0 bridgehead atoms. The lowest BCUT2D eigenvalue weighted by Crippen LogP contribution is -2.53. The normalized spacial score (nSPS) is 39.4. The number of piperidine rings is 1. The van der Waals surface area contributed by atoms with Gasteiger partial charge in [-0.2, -0.15) is 0 Å². The van der Waals surface area contributed by atoms with Crippen molar-refractivity contribution in [1.82, 2.24) is 10.2 Å². The summed E-state index contributed by atoms with van der Waals surface area (Å²) in [6.07, 6.45) is 14.5. The van der Waals surface area contributed by atoms with E-state index in [4.69, 9.17) is 4.74 Å². The number of likely N-dealkylation sites (tertiary alicyclic amines) is 1. The van der Waals surface area contributed by atoms with Gasteiger partial charge in [0.15, 0.2) is 0 Å². The standard InChI is InChI=1S/C41H57N3O4/c1-26-20-36-39(44(25-26)19-18-42-38(47)24-43-37(46)13-10-29-8-6-5-7-9-29)28(3)41(48-36)17-15-32-33-12-11-30-21-31(45)14-16-40(30,4)35(33)22-34(32)27(2)23-41/h5-9,11,24,26,28,31-33,35-36,39,45H,10,12-23,25H2,1-4H3,(H,42,47)/t26-,28+,31-,32-,33-,35-,36+,39-,40-,41-/m0/s1. The third kappa shape index (κ3) is 6.40. The molecule has 4 fully saturated rings. The number of aryl methyl sites for hydroxylation is 1. The number of fused-ring (bicyclic) bond motifs is 6. The van der Waals surface area contributed by atoms with Crippen LogP contribution >= 0.6 is 0 Å². The van der Waals surface area contributed by atoms with Gasteiger partial charge in [0.2, 0.25) is 5.91 Å². The van der Waals surface area contributed by atoms with E-state index >= 15 is 0 Å². The van der Waals surface area contributed by atoms with Gasteiger partial charge in [0.05, 0.1) is 24.0 Å². The number of benzene rings is 1. The highest BCUT2D eigenvalue weighted by molar-refractivity contribution is 6.28. The summed E-state index contributed by atoms with van der Waals surface area (Å²) in [5.74, 6) is 2.46. The number of nitrogens with zero attached hydrogens (tertiary/aromatic N) is 2. The van der Waals surface area contributed by atoms with E-state index in [2.05, 4.69) is 49.0 Å². The van der Waals surface area contributed by atoms with E-state index in [1.165, 1.54) is 24.8 Å². The number of ether oxygens (including phenoxy) is 1. The fourth-order valence-corrected chi connectivity index (χ4v) is 11.3. The molecule has 6 aliphatic rings. The first-order valence-corrected chi connectivity index (χ1v) is 18.9. The lowest BCUT2D eigenvalue weighted by molar-refractivity contribution is -0.118. The van der Waals surface area contributed by atoms with Crippen LogP contribution in [0.25, 0.3) is 0 Å². The smallest absolute Gasteiger partial charge is 0.262 e. The van der Waals surface area contributed by atoms with Crippen molar-refractivity contribution in [2.24, 2.45) is 40.0 Å². The molecule has 2 heterocycles. The molecular weight excluding hydrogens is 598 g/mol. The summed E-state index contributed by atoms with van der Waals surface area (Å²) in [5, 5.41) is 13.4. The molecule has 2 aliphatic heterocycles. The number of amides is 2. The van der Waals surface area contributed by atoms with Gasteiger partial charge >= 0.3 is 0 Å². The summed E-state index contributed by atoms with van der Waals surface area (Å²) in [4.78, 5) is 31.3.